The first-order valence-corrected chi connectivity index (χ1v) is 39.7. The number of fused-ring (bicyclic) bond motifs is 1. The molecule has 12 heteroatoms. The summed E-state index contributed by atoms with van der Waals surface area (Å²) in [5, 5.41) is 0.150. The lowest BCUT2D eigenvalue weighted by molar-refractivity contribution is -0.251. The Bertz CT molecular complexity index is 2140. The van der Waals surface area contributed by atoms with Gasteiger partial charge in [-0.2, -0.15) is 0 Å². The first-order chi connectivity index (χ1) is 36.1. The molecule has 5 fully saturated rings. The van der Waals surface area contributed by atoms with E-state index in [0.717, 1.165) is 76.4 Å². The number of hydrogen-bond acceptors (Lipinski definition) is 9. The van der Waals surface area contributed by atoms with E-state index in [1.807, 2.05) is 6.08 Å². The van der Waals surface area contributed by atoms with Gasteiger partial charge in [0.05, 0.1) is 67.1 Å². The number of ether oxygens (including phenoxy) is 5. The van der Waals surface area contributed by atoms with E-state index < -0.39 is 31.1 Å². The highest BCUT2D eigenvalue weighted by atomic mass is 28.4. The molecule has 1 aromatic carbocycles. The van der Waals surface area contributed by atoms with Gasteiger partial charge in [0, 0.05) is 25.4 Å². The van der Waals surface area contributed by atoms with Gasteiger partial charge in [-0.25, -0.2) is 0 Å². The molecule has 0 spiro atoms. The van der Waals surface area contributed by atoms with Crippen molar-refractivity contribution >= 4 is 30.7 Å². The summed E-state index contributed by atoms with van der Waals surface area (Å²) in [6, 6.07) is 10.9. The molecule has 0 aliphatic carbocycles. The molecule has 0 bridgehead atoms. The summed E-state index contributed by atoms with van der Waals surface area (Å²) in [6.45, 7) is 56.1. The van der Waals surface area contributed by atoms with Crippen LogP contribution in [0.4, 0.5) is 0 Å². The fourth-order valence-corrected chi connectivity index (χ4v) is 15.8. The Hall–Kier alpha value is -1.56. The number of ketones is 1. The SMILES string of the molecule is C=C1C[C@H](CCC(=O)/C=C/[C@H](O[Si](C)(C)C(C)(C)C)[C@@H]2O[C@H]3CC[C@H](CC)O[C@@H]3[C@H](C)[C@@H]2O[Si](C)(C)C(C)(C)C)OC1CC[C@H]1C[C@@H](C)C(=C)C(C[C@@H]2O[C@H](C[C@H](C)CO[Si](C)(C)C(C)(C)C)[C@H](C)[C@H]2Cc2ccccc2)O1. The summed E-state index contributed by atoms with van der Waals surface area (Å²) in [5.41, 5.74) is 3.67. The number of rotatable bonds is 23. The van der Waals surface area contributed by atoms with E-state index in [1.54, 1.807) is 6.08 Å². The van der Waals surface area contributed by atoms with Crippen molar-refractivity contribution < 1.29 is 41.8 Å². The summed E-state index contributed by atoms with van der Waals surface area (Å²) >= 11 is 0. The van der Waals surface area contributed by atoms with E-state index in [9.17, 15) is 4.79 Å². The summed E-state index contributed by atoms with van der Waals surface area (Å²) in [5.74, 6) is 1.72. The van der Waals surface area contributed by atoms with E-state index >= 15 is 0 Å². The molecule has 17 atom stereocenters. The van der Waals surface area contributed by atoms with E-state index in [4.69, 9.17) is 37.0 Å². The number of allylic oxidation sites excluding steroid dienone is 1. The van der Waals surface area contributed by atoms with Crippen molar-refractivity contribution in [2.75, 3.05) is 6.61 Å². The maximum absolute atomic E-state index is 14.0. The van der Waals surface area contributed by atoms with Gasteiger partial charge in [0.25, 0.3) is 0 Å². The molecule has 5 saturated heterocycles. The van der Waals surface area contributed by atoms with E-state index in [2.05, 4.69) is 180 Å². The van der Waals surface area contributed by atoms with E-state index in [1.165, 1.54) is 11.1 Å². The molecule has 0 N–H and O–H groups in total. The first-order valence-electron chi connectivity index (χ1n) is 31.0. The molecule has 0 saturated carbocycles. The molecule has 78 heavy (non-hydrogen) atoms. The second kappa shape index (κ2) is 26.6. The monoisotopic (exact) mass is 1130 g/mol. The van der Waals surface area contributed by atoms with Crippen LogP contribution in [-0.4, -0.2) is 111 Å². The number of hydrogen-bond donors (Lipinski definition) is 0. The molecule has 9 nitrogen and oxygen atoms in total. The molecule has 0 radical (unpaired) electrons. The second-order valence-electron chi connectivity index (χ2n) is 30.0. The van der Waals surface area contributed by atoms with Crippen LogP contribution in [0, 0.1) is 29.6 Å². The normalized spacial score (nSPS) is 33.6. The molecule has 0 aromatic heterocycles. The Morgan fingerprint density at radius 2 is 1.38 bits per heavy atom. The Balaban J connectivity index is 1.07. The maximum atomic E-state index is 14.0. The van der Waals surface area contributed by atoms with Crippen LogP contribution in [0.15, 0.2) is 66.8 Å². The molecule has 5 aliphatic rings. The zero-order chi connectivity index (χ0) is 57.9. The smallest absolute Gasteiger partial charge is 0.193 e. The molecular formula is C66H114O9Si3. The van der Waals surface area contributed by atoms with Gasteiger partial charge in [-0.05, 0) is 165 Å². The van der Waals surface area contributed by atoms with Crippen LogP contribution in [-0.2, 0) is 48.2 Å². The van der Waals surface area contributed by atoms with Gasteiger partial charge in [-0.3, -0.25) is 4.79 Å². The average molecular weight is 1140 g/mol. The minimum Gasteiger partial charge on any atom is -0.417 e. The number of carbonyl (C=O) groups is 1. The summed E-state index contributed by atoms with van der Waals surface area (Å²) in [7, 11) is -6.43. The van der Waals surface area contributed by atoms with Crippen molar-refractivity contribution in [3.63, 3.8) is 0 Å². The van der Waals surface area contributed by atoms with Crippen molar-refractivity contribution in [3.05, 3.63) is 72.4 Å². The van der Waals surface area contributed by atoms with E-state index in [-0.39, 0.29) is 94.0 Å². The Morgan fingerprint density at radius 1 is 0.744 bits per heavy atom. The standard InChI is InChI=1S/C66H114O9Si3/c1-23-51-32-36-56-61(71-51)48(7)62(75-78(21,22)66(14,15)16)63(73-56)57(74-77(19,20)65(11,12)13)34-30-50(67)29-31-52-39-45(4)55(69-52)35-33-53-38-44(3)46(5)59(70-53)41-60-54(40-49-27-25-24-26-28-49)47(6)58(72-60)37-43(2)42-68-76(17,18)64(8,9)10/h24-28,30,34,43-44,47-48,51-63H,4-5,23,29,31-33,35-42H2,1-3,6-22H3/b34-30+/t43-,44+,47+,48-,51-,52-,53-,54+,55?,56-,57-,58+,59?,60-,61+,62-,63-/m0/s1. The van der Waals surface area contributed by atoms with Gasteiger partial charge in [0.2, 0.25) is 0 Å². The molecule has 5 heterocycles. The van der Waals surface area contributed by atoms with Crippen LogP contribution in [0.2, 0.25) is 54.4 Å². The highest BCUT2D eigenvalue weighted by Gasteiger charge is 2.54. The first kappa shape index (κ1) is 65.6. The van der Waals surface area contributed by atoms with Crippen molar-refractivity contribution in [1.29, 1.82) is 0 Å². The quantitative estimate of drug-likeness (QED) is 0.0604. The van der Waals surface area contributed by atoms with Crippen LogP contribution in [0.1, 0.15) is 173 Å². The van der Waals surface area contributed by atoms with Crippen LogP contribution in [0.25, 0.3) is 0 Å². The third-order valence-electron chi connectivity index (χ3n) is 20.7. The number of benzene rings is 1. The zero-order valence-corrected chi connectivity index (χ0v) is 56.1. The van der Waals surface area contributed by atoms with Gasteiger partial charge in [0.15, 0.2) is 30.7 Å². The lowest BCUT2D eigenvalue weighted by Crippen LogP contribution is -2.64. The Labute approximate surface area is 480 Å². The molecule has 1 aromatic rings. The topological polar surface area (TPSA) is 90.9 Å². The van der Waals surface area contributed by atoms with Crippen LogP contribution in [0.5, 0.6) is 0 Å². The average Bonchev–Trinajstić information content (AvgIpc) is 3.91. The minimum absolute atomic E-state index is 0.00495. The largest absolute Gasteiger partial charge is 0.417 e. The van der Waals surface area contributed by atoms with Crippen LogP contribution < -0.4 is 0 Å². The van der Waals surface area contributed by atoms with Crippen LogP contribution >= 0.6 is 0 Å². The predicted molar refractivity (Wildman–Crippen MR) is 330 cm³/mol. The fourth-order valence-electron chi connectivity index (χ4n) is 12.1. The van der Waals surface area contributed by atoms with Gasteiger partial charge in [-0.15, -0.1) is 0 Å². The van der Waals surface area contributed by atoms with Crippen molar-refractivity contribution in [2.24, 2.45) is 29.6 Å². The number of carbonyl (C=O) groups excluding carboxylic acids is 1. The van der Waals surface area contributed by atoms with Gasteiger partial charge < -0.3 is 37.0 Å². The minimum atomic E-state index is -2.33. The lowest BCUT2D eigenvalue weighted by atomic mass is 9.78. The summed E-state index contributed by atoms with van der Waals surface area (Å²) < 4.78 is 56.3. The molecule has 0 amide bonds. The Morgan fingerprint density at radius 3 is 2.01 bits per heavy atom. The zero-order valence-electron chi connectivity index (χ0n) is 53.1. The lowest BCUT2D eigenvalue weighted by Gasteiger charge is -2.54. The van der Waals surface area contributed by atoms with Gasteiger partial charge >= 0.3 is 0 Å². The molecule has 444 valence electrons. The fraction of sp³-hybridized carbons (Fsp3) is 0.803. The Kier molecular flexibility index (Phi) is 22.3. The van der Waals surface area contributed by atoms with Crippen LogP contribution in [0.3, 0.4) is 0 Å². The highest BCUT2D eigenvalue weighted by molar-refractivity contribution is 6.75. The third-order valence-corrected chi connectivity index (χ3v) is 34.2. The molecule has 6 rings (SSSR count). The van der Waals surface area contributed by atoms with E-state index in [0.29, 0.717) is 36.5 Å². The van der Waals surface area contributed by atoms with Gasteiger partial charge in [0.1, 0.15) is 6.10 Å². The molecule has 5 aliphatic heterocycles. The third kappa shape index (κ3) is 16.6. The van der Waals surface area contributed by atoms with Gasteiger partial charge in [-0.1, -0.05) is 146 Å². The second-order valence-corrected chi connectivity index (χ2v) is 44.3. The summed E-state index contributed by atoms with van der Waals surface area (Å²) in [6.07, 6.45) is 13.3. The van der Waals surface area contributed by atoms with Crippen molar-refractivity contribution in [2.45, 2.75) is 302 Å². The maximum Gasteiger partial charge on any atom is 0.193 e. The molecule has 2 unspecified atom stereocenters. The van der Waals surface area contributed by atoms with Crippen molar-refractivity contribution in [1.82, 2.24) is 0 Å². The van der Waals surface area contributed by atoms with Crippen molar-refractivity contribution in [3.8, 4) is 0 Å². The molecular weight excluding hydrogens is 1020 g/mol. The summed E-state index contributed by atoms with van der Waals surface area (Å²) in [4.78, 5) is 14.0. The predicted octanol–water partition coefficient (Wildman–Crippen LogP) is 16.6. The highest BCUT2D eigenvalue weighted by Crippen LogP contribution is 2.47.